The summed E-state index contributed by atoms with van der Waals surface area (Å²) in [5, 5.41) is 12.0. The second-order valence-corrected chi connectivity index (χ2v) is 2.27. The SMILES string of the molecule is C=CCOCCNN=C(C)C(=O)O. The maximum absolute atomic E-state index is 10.3. The zero-order valence-corrected chi connectivity index (χ0v) is 7.62. The number of carboxylic acid groups (broad SMARTS) is 1. The van der Waals surface area contributed by atoms with Crippen LogP contribution >= 0.6 is 0 Å². The van der Waals surface area contributed by atoms with E-state index in [0.29, 0.717) is 19.8 Å². The molecule has 0 unspecified atom stereocenters. The smallest absolute Gasteiger partial charge is 0.351 e. The molecule has 0 radical (unpaired) electrons. The first-order chi connectivity index (χ1) is 6.18. The van der Waals surface area contributed by atoms with Crippen LogP contribution in [0.15, 0.2) is 17.8 Å². The Morgan fingerprint density at radius 3 is 3.00 bits per heavy atom. The molecule has 0 atom stereocenters. The van der Waals surface area contributed by atoms with Crippen LogP contribution in [0.2, 0.25) is 0 Å². The third-order valence-corrected chi connectivity index (χ3v) is 1.15. The van der Waals surface area contributed by atoms with Crippen LogP contribution < -0.4 is 5.43 Å². The number of ether oxygens (including phenoxy) is 1. The molecule has 0 aliphatic heterocycles. The van der Waals surface area contributed by atoms with Gasteiger partial charge in [-0.05, 0) is 6.92 Å². The number of hydrogen-bond donors (Lipinski definition) is 2. The van der Waals surface area contributed by atoms with E-state index >= 15 is 0 Å². The number of carboxylic acids is 1. The van der Waals surface area contributed by atoms with Crippen molar-refractivity contribution in [3.8, 4) is 0 Å². The van der Waals surface area contributed by atoms with Gasteiger partial charge in [0.15, 0.2) is 0 Å². The van der Waals surface area contributed by atoms with Crippen molar-refractivity contribution in [1.29, 1.82) is 0 Å². The first-order valence-electron chi connectivity index (χ1n) is 3.87. The van der Waals surface area contributed by atoms with Crippen LogP contribution in [0, 0.1) is 0 Å². The van der Waals surface area contributed by atoms with Gasteiger partial charge in [0.05, 0.1) is 19.8 Å². The molecular weight excluding hydrogens is 172 g/mol. The van der Waals surface area contributed by atoms with Crippen molar-refractivity contribution >= 4 is 11.7 Å². The molecule has 0 fully saturated rings. The van der Waals surface area contributed by atoms with Crippen LogP contribution in [0.25, 0.3) is 0 Å². The first kappa shape index (κ1) is 11.6. The Labute approximate surface area is 77.1 Å². The third-order valence-electron chi connectivity index (χ3n) is 1.15. The molecule has 5 nitrogen and oxygen atoms in total. The molecule has 5 heteroatoms. The molecule has 0 bridgehead atoms. The highest BCUT2D eigenvalue weighted by Crippen LogP contribution is 1.76. The van der Waals surface area contributed by atoms with Gasteiger partial charge in [-0.25, -0.2) is 4.79 Å². The molecule has 0 aromatic carbocycles. The largest absolute Gasteiger partial charge is 0.477 e. The van der Waals surface area contributed by atoms with Crippen LogP contribution in [0.5, 0.6) is 0 Å². The van der Waals surface area contributed by atoms with Gasteiger partial charge in [0.25, 0.3) is 0 Å². The molecule has 0 heterocycles. The van der Waals surface area contributed by atoms with Crippen LogP contribution in [-0.4, -0.2) is 36.5 Å². The number of aliphatic carboxylic acids is 1. The number of hydrogen-bond acceptors (Lipinski definition) is 4. The molecule has 0 aliphatic rings. The summed E-state index contributed by atoms with van der Waals surface area (Å²) in [6.45, 7) is 6.34. The van der Waals surface area contributed by atoms with E-state index in [4.69, 9.17) is 9.84 Å². The van der Waals surface area contributed by atoms with Gasteiger partial charge in [-0.3, -0.25) is 0 Å². The van der Waals surface area contributed by atoms with E-state index in [9.17, 15) is 4.79 Å². The minimum absolute atomic E-state index is 0.0312. The van der Waals surface area contributed by atoms with E-state index < -0.39 is 5.97 Å². The number of nitrogens with zero attached hydrogens (tertiary/aromatic N) is 1. The lowest BCUT2D eigenvalue weighted by atomic mass is 10.4. The molecule has 74 valence electrons. The Kier molecular flexibility index (Phi) is 6.53. The molecule has 0 aromatic rings. The quantitative estimate of drug-likeness (QED) is 0.258. The molecule has 0 saturated heterocycles. The van der Waals surface area contributed by atoms with Crippen LogP contribution in [0.4, 0.5) is 0 Å². The molecule has 0 aliphatic carbocycles. The fraction of sp³-hybridized carbons (Fsp3) is 0.500. The molecular formula is C8H14N2O3. The Hall–Kier alpha value is -1.36. The maximum atomic E-state index is 10.3. The van der Waals surface area contributed by atoms with Crippen molar-refractivity contribution in [1.82, 2.24) is 5.43 Å². The summed E-state index contributed by atoms with van der Waals surface area (Å²) < 4.78 is 5.03. The molecule has 0 aromatic heterocycles. The summed E-state index contributed by atoms with van der Waals surface area (Å²) in [6.07, 6.45) is 1.64. The third kappa shape index (κ3) is 7.02. The molecule has 0 rings (SSSR count). The molecule has 0 amide bonds. The van der Waals surface area contributed by atoms with E-state index in [-0.39, 0.29) is 5.71 Å². The van der Waals surface area contributed by atoms with Crippen molar-refractivity contribution < 1.29 is 14.6 Å². The molecule has 0 spiro atoms. The van der Waals surface area contributed by atoms with Gasteiger partial charge in [0, 0.05) is 0 Å². The van der Waals surface area contributed by atoms with Gasteiger partial charge >= 0.3 is 5.97 Å². The van der Waals surface area contributed by atoms with Crippen molar-refractivity contribution in [2.75, 3.05) is 19.8 Å². The molecule has 13 heavy (non-hydrogen) atoms. The van der Waals surface area contributed by atoms with Crippen molar-refractivity contribution in [2.45, 2.75) is 6.92 Å². The van der Waals surface area contributed by atoms with E-state index in [1.54, 1.807) is 6.08 Å². The van der Waals surface area contributed by atoms with Gasteiger partial charge < -0.3 is 15.3 Å². The van der Waals surface area contributed by atoms with Crippen molar-refractivity contribution in [3.63, 3.8) is 0 Å². The molecule has 0 saturated carbocycles. The Morgan fingerprint density at radius 2 is 2.46 bits per heavy atom. The van der Waals surface area contributed by atoms with Gasteiger partial charge in [-0.2, -0.15) is 5.10 Å². The van der Waals surface area contributed by atoms with Crippen molar-refractivity contribution in [3.05, 3.63) is 12.7 Å². The topological polar surface area (TPSA) is 70.9 Å². The Bertz CT molecular complexity index is 202. The fourth-order valence-corrected chi connectivity index (χ4v) is 0.507. The van der Waals surface area contributed by atoms with Gasteiger partial charge in [-0.1, -0.05) is 6.08 Å². The Balaban J connectivity index is 3.39. The first-order valence-corrected chi connectivity index (χ1v) is 3.87. The highest BCUT2D eigenvalue weighted by molar-refractivity contribution is 6.34. The lowest BCUT2D eigenvalue weighted by Gasteiger charge is -2.00. The van der Waals surface area contributed by atoms with E-state index in [0.717, 1.165) is 0 Å². The normalized spacial score (nSPS) is 11.0. The monoisotopic (exact) mass is 186 g/mol. The van der Waals surface area contributed by atoms with Gasteiger partial charge in [0.1, 0.15) is 5.71 Å². The standard InChI is InChI=1S/C8H14N2O3/c1-3-5-13-6-4-9-10-7(2)8(11)12/h3,9H,1,4-6H2,2H3,(H,11,12). The van der Waals surface area contributed by atoms with Gasteiger partial charge in [0.2, 0.25) is 0 Å². The highest BCUT2D eigenvalue weighted by Gasteiger charge is 1.99. The van der Waals surface area contributed by atoms with E-state index in [2.05, 4.69) is 17.1 Å². The van der Waals surface area contributed by atoms with Crippen LogP contribution in [0.1, 0.15) is 6.92 Å². The van der Waals surface area contributed by atoms with Crippen LogP contribution in [-0.2, 0) is 9.53 Å². The zero-order valence-electron chi connectivity index (χ0n) is 7.62. The predicted molar refractivity (Wildman–Crippen MR) is 49.8 cm³/mol. The lowest BCUT2D eigenvalue weighted by molar-refractivity contribution is -0.129. The average molecular weight is 186 g/mol. The minimum Gasteiger partial charge on any atom is -0.477 e. The Morgan fingerprint density at radius 1 is 1.77 bits per heavy atom. The maximum Gasteiger partial charge on any atom is 0.351 e. The second-order valence-electron chi connectivity index (χ2n) is 2.27. The summed E-state index contributed by atoms with van der Waals surface area (Å²) in [6, 6.07) is 0. The van der Waals surface area contributed by atoms with E-state index in [1.165, 1.54) is 6.92 Å². The second kappa shape index (κ2) is 7.30. The van der Waals surface area contributed by atoms with Gasteiger partial charge in [-0.15, -0.1) is 6.58 Å². The summed E-state index contributed by atoms with van der Waals surface area (Å²) in [7, 11) is 0. The summed E-state index contributed by atoms with van der Waals surface area (Å²) in [5.74, 6) is -1.03. The summed E-state index contributed by atoms with van der Waals surface area (Å²) in [4.78, 5) is 10.3. The molecule has 2 N–H and O–H groups in total. The highest BCUT2D eigenvalue weighted by atomic mass is 16.5. The lowest BCUT2D eigenvalue weighted by Crippen LogP contribution is -2.19. The average Bonchev–Trinajstić information content (AvgIpc) is 2.10. The van der Waals surface area contributed by atoms with Crippen LogP contribution in [0.3, 0.4) is 0 Å². The summed E-state index contributed by atoms with van der Waals surface area (Å²) >= 11 is 0. The minimum atomic E-state index is -1.03. The zero-order chi connectivity index (χ0) is 10.1. The number of nitrogens with one attached hydrogen (secondary N) is 1. The number of hydrazone groups is 1. The van der Waals surface area contributed by atoms with E-state index in [1.807, 2.05) is 0 Å². The van der Waals surface area contributed by atoms with Crippen molar-refractivity contribution in [2.24, 2.45) is 5.10 Å². The predicted octanol–water partition coefficient (Wildman–Crippen LogP) is 0.239. The number of rotatable bonds is 7. The number of carbonyl (C=O) groups is 1. The fourth-order valence-electron chi connectivity index (χ4n) is 0.507. The summed E-state index contributed by atoms with van der Waals surface area (Å²) in [5.41, 5.74) is 2.60.